The first-order chi connectivity index (χ1) is 15.8. The number of carbonyl (C=O) groups excluding carboxylic acids is 1. The second kappa shape index (κ2) is 9.08. The van der Waals surface area contributed by atoms with Crippen molar-refractivity contribution in [2.45, 2.75) is 25.1 Å². The van der Waals surface area contributed by atoms with E-state index in [1.807, 2.05) is 0 Å². The summed E-state index contributed by atoms with van der Waals surface area (Å²) < 4.78 is 30.9. The summed E-state index contributed by atoms with van der Waals surface area (Å²) in [7, 11) is 0. The van der Waals surface area contributed by atoms with E-state index in [0.29, 0.717) is 16.8 Å². The molecule has 8 nitrogen and oxygen atoms in total. The normalized spacial score (nSPS) is 14.0. The van der Waals surface area contributed by atoms with Crippen LogP contribution in [0.4, 0.5) is 14.5 Å². The van der Waals surface area contributed by atoms with Gasteiger partial charge < -0.3 is 10.4 Å². The van der Waals surface area contributed by atoms with Gasteiger partial charge in [-0.15, -0.1) is 0 Å². The van der Waals surface area contributed by atoms with Crippen molar-refractivity contribution in [1.82, 2.24) is 24.5 Å². The number of aliphatic hydroxyl groups is 1. The molecule has 0 aliphatic heterocycles. The molecular weight excluding hydrogens is 454 g/mol. The highest BCUT2D eigenvalue weighted by molar-refractivity contribution is 6.30. The van der Waals surface area contributed by atoms with E-state index in [0.717, 1.165) is 6.07 Å². The second-order valence-electron chi connectivity index (χ2n) is 7.49. The number of nitrogens with zero attached hydrogens (tertiary/aromatic N) is 5. The van der Waals surface area contributed by atoms with Crippen molar-refractivity contribution in [3.05, 3.63) is 95.3 Å². The lowest BCUT2D eigenvalue weighted by atomic mass is 9.86. The van der Waals surface area contributed by atoms with Gasteiger partial charge in [0.2, 0.25) is 0 Å². The second-order valence-corrected chi connectivity index (χ2v) is 7.92. The Kier molecular flexibility index (Phi) is 6.21. The van der Waals surface area contributed by atoms with Crippen molar-refractivity contribution in [2.24, 2.45) is 0 Å². The average molecular weight is 473 g/mol. The molecule has 0 aliphatic rings. The molecule has 0 radical (unpaired) electrons. The van der Waals surface area contributed by atoms with Gasteiger partial charge in [-0.25, -0.2) is 18.4 Å². The van der Waals surface area contributed by atoms with Gasteiger partial charge in [-0.1, -0.05) is 17.7 Å². The molecule has 1 amide bonds. The molecule has 170 valence electrons. The zero-order valence-corrected chi connectivity index (χ0v) is 18.1. The Labute approximate surface area is 192 Å². The number of carbonyl (C=O) groups is 1. The minimum Gasteiger partial charge on any atom is -0.381 e. The third kappa shape index (κ3) is 4.76. The molecule has 0 unspecified atom stereocenters. The first-order valence-corrected chi connectivity index (χ1v) is 10.3. The Bertz CT molecular complexity index is 1260. The Balaban J connectivity index is 1.64. The van der Waals surface area contributed by atoms with E-state index in [4.69, 9.17) is 11.6 Å². The Morgan fingerprint density at radius 1 is 1.21 bits per heavy atom. The highest BCUT2D eigenvalue weighted by atomic mass is 35.5. The number of amides is 1. The summed E-state index contributed by atoms with van der Waals surface area (Å²) in [4.78, 5) is 16.5. The van der Waals surface area contributed by atoms with E-state index >= 15 is 0 Å². The Hall–Kier alpha value is -3.63. The predicted octanol–water partition coefficient (Wildman–Crippen LogP) is 3.81. The van der Waals surface area contributed by atoms with Gasteiger partial charge in [0.15, 0.2) is 0 Å². The van der Waals surface area contributed by atoms with Crippen LogP contribution in [0.25, 0.3) is 0 Å². The molecule has 0 spiro atoms. The standard InChI is InChI=1S/C22H19ClF2N6O2/c1-14(31-10-15(9-27-31)21(32)29-18-5-2-16(23)3-6-18)22(33,11-30-13-26-12-28-30)19-7-4-17(24)8-20(19)25/h2-10,12-14,33H,11H2,1H3,(H,29,32)/t14-,22-/m1/s1. The van der Waals surface area contributed by atoms with E-state index in [9.17, 15) is 18.7 Å². The van der Waals surface area contributed by atoms with Gasteiger partial charge in [0, 0.05) is 28.5 Å². The fourth-order valence-corrected chi connectivity index (χ4v) is 3.59. The van der Waals surface area contributed by atoms with Crippen LogP contribution in [0.5, 0.6) is 0 Å². The van der Waals surface area contributed by atoms with Gasteiger partial charge in [-0.2, -0.15) is 10.2 Å². The molecule has 11 heteroatoms. The fourth-order valence-electron chi connectivity index (χ4n) is 3.47. The molecule has 0 fully saturated rings. The molecule has 2 heterocycles. The molecule has 0 aliphatic carbocycles. The molecule has 0 saturated heterocycles. The predicted molar refractivity (Wildman–Crippen MR) is 117 cm³/mol. The number of aromatic nitrogens is 5. The van der Waals surface area contributed by atoms with Crippen molar-refractivity contribution in [3.63, 3.8) is 0 Å². The summed E-state index contributed by atoms with van der Waals surface area (Å²) in [5, 5.41) is 23.1. The van der Waals surface area contributed by atoms with Gasteiger partial charge in [-0.3, -0.25) is 9.48 Å². The largest absolute Gasteiger partial charge is 0.381 e. The number of hydrogen-bond donors (Lipinski definition) is 2. The van der Waals surface area contributed by atoms with Gasteiger partial charge in [-0.05, 0) is 37.3 Å². The highest BCUT2D eigenvalue weighted by Gasteiger charge is 2.41. The van der Waals surface area contributed by atoms with Crippen LogP contribution in [-0.2, 0) is 12.1 Å². The molecule has 33 heavy (non-hydrogen) atoms. The summed E-state index contributed by atoms with van der Waals surface area (Å²) in [6, 6.07) is 8.65. The minimum absolute atomic E-state index is 0.144. The zero-order valence-electron chi connectivity index (χ0n) is 17.4. The number of halogens is 3. The lowest BCUT2D eigenvalue weighted by molar-refractivity contribution is -0.0369. The van der Waals surface area contributed by atoms with Crippen molar-refractivity contribution in [3.8, 4) is 0 Å². The molecule has 2 aromatic heterocycles. The Morgan fingerprint density at radius 3 is 2.64 bits per heavy atom. The lowest BCUT2D eigenvalue weighted by Crippen LogP contribution is -2.40. The van der Waals surface area contributed by atoms with Gasteiger partial charge in [0.05, 0.1) is 24.3 Å². The molecule has 2 atom stereocenters. The van der Waals surface area contributed by atoms with Crippen LogP contribution in [0.3, 0.4) is 0 Å². The maximum atomic E-state index is 14.7. The maximum absolute atomic E-state index is 14.7. The SMILES string of the molecule is C[C@@H](n1cc(C(=O)Nc2ccc(Cl)cc2)cn1)[C@](O)(Cn1cncn1)c1ccc(F)cc1F. The Morgan fingerprint density at radius 2 is 1.97 bits per heavy atom. The van der Waals surface area contributed by atoms with E-state index in [-0.39, 0.29) is 17.7 Å². The van der Waals surface area contributed by atoms with Crippen LogP contribution in [0.1, 0.15) is 28.9 Å². The molecule has 4 rings (SSSR count). The van der Waals surface area contributed by atoms with Crippen molar-refractivity contribution >= 4 is 23.2 Å². The van der Waals surface area contributed by atoms with E-state index in [2.05, 4.69) is 20.5 Å². The van der Waals surface area contributed by atoms with E-state index in [1.54, 1.807) is 31.2 Å². The molecule has 0 saturated carbocycles. The number of rotatable bonds is 7. The van der Waals surface area contributed by atoms with Gasteiger partial charge >= 0.3 is 0 Å². The summed E-state index contributed by atoms with van der Waals surface area (Å²) in [6.07, 6.45) is 5.41. The van der Waals surface area contributed by atoms with Crippen molar-refractivity contribution in [1.29, 1.82) is 0 Å². The van der Waals surface area contributed by atoms with Crippen LogP contribution >= 0.6 is 11.6 Å². The first-order valence-electron chi connectivity index (χ1n) is 9.87. The maximum Gasteiger partial charge on any atom is 0.258 e. The number of hydrogen-bond acceptors (Lipinski definition) is 5. The molecule has 2 aromatic carbocycles. The third-order valence-electron chi connectivity index (χ3n) is 5.32. The first kappa shape index (κ1) is 22.6. The summed E-state index contributed by atoms with van der Waals surface area (Å²) in [5.74, 6) is -2.12. The van der Waals surface area contributed by atoms with Gasteiger partial charge in [0.25, 0.3) is 5.91 Å². The van der Waals surface area contributed by atoms with E-state index in [1.165, 1.54) is 40.5 Å². The van der Waals surface area contributed by atoms with Crippen LogP contribution in [-0.4, -0.2) is 35.6 Å². The third-order valence-corrected chi connectivity index (χ3v) is 5.57. The van der Waals surface area contributed by atoms with Crippen LogP contribution in [0, 0.1) is 11.6 Å². The smallest absolute Gasteiger partial charge is 0.258 e. The van der Waals surface area contributed by atoms with Crippen LogP contribution in [0.2, 0.25) is 5.02 Å². The zero-order chi connectivity index (χ0) is 23.6. The minimum atomic E-state index is -1.90. The van der Waals surface area contributed by atoms with Gasteiger partial charge in [0.1, 0.15) is 29.9 Å². The summed E-state index contributed by atoms with van der Waals surface area (Å²) in [5.41, 5.74) is -1.28. The molecule has 0 bridgehead atoms. The van der Waals surface area contributed by atoms with Crippen LogP contribution in [0.15, 0.2) is 67.5 Å². The summed E-state index contributed by atoms with van der Waals surface area (Å²) in [6.45, 7) is 1.41. The fraction of sp³-hybridized carbons (Fsp3) is 0.182. The van der Waals surface area contributed by atoms with Crippen molar-refractivity contribution < 1.29 is 18.7 Å². The number of nitrogens with one attached hydrogen (secondary N) is 1. The average Bonchev–Trinajstić information content (AvgIpc) is 3.47. The monoisotopic (exact) mass is 472 g/mol. The molecular formula is C22H19ClF2N6O2. The molecule has 4 aromatic rings. The quantitative estimate of drug-likeness (QED) is 0.426. The summed E-state index contributed by atoms with van der Waals surface area (Å²) >= 11 is 5.86. The highest BCUT2D eigenvalue weighted by Crippen LogP contribution is 2.36. The van der Waals surface area contributed by atoms with E-state index < -0.39 is 29.2 Å². The lowest BCUT2D eigenvalue weighted by Gasteiger charge is -2.34. The number of anilines is 1. The topological polar surface area (TPSA) is 97.9 Å². The number of benzene rings is 2. The molecule has 2 N–H and O–H groups in total. The van der Waals surface area contributed by atoms with Crippen molar-refractivity contribution in [2.75, 3.05) is 5.32 Å². The van der Waals surface area contributed by atoms with Crippen LogP contribution < -0.4 is 5.32 Å².